The number of hydrogen-bond acceptors (Lipinski definition) is 3. The molecule has 1 aliphatic heterocycles. The Balaban J connectivity index is 2.69. The largest absolute Gasteiger partial charge is 0.295 e. The van der Waals surface area contributed by atoms with Crippen LogP contribution in [0.15, 0.2) is 0 Å². The topological polar surface area (TPSA) is 49.4 Å². The minimum absolute atomic E-state index is 0.104. The molecule has 1 saturated heterocycles. The van der Waals surface area contributed by atoms with Crippen LogP contribution in [0.4, 0.5) is 0 Å². The van der Waals surface area contributed by atoms with Gasteiger partial charge < -0.3 is 0 Å². The summed E-state index contributed by atoms with van der Waals surface area (Å²) >= 11 is 0. The number of hydrogen-bond donors (Lipinski definition) is 1. The smallest absolute Gasteiger partial charge is 0.248 e. The predicted octanol–water partition coefficient (Wildman–Crippen LogP) is 1.16. The third kappa shape index (κ3) is 2.82. The van der Waals surface area contributed by atoms with Gasteiger partial charge in [0.25, 0.3) is 0 Å². The molecule has 2 amide bonds. The SMILES string of the molecule is CCCC(C)CN1C(=O)CNC(C)(C)C1=O. The molecule has 1 unspecified atom stereocenters. The second-order valence-corrected chi connectivity index (χ2v) is 5.18. The van der Waals surface area contributed by atoms with Crippen LogP contribution >= 0.6 is 0 Å². The van der Waals surface area contributed by atoms with E-state index in [1.54, 1.807) is 0 Å². The van der Waals surface area contributed by atoms with Crippen LogP contribution in [-0.4, -0.2) is 35.3 Å². The summed E-state index contributed by atoms with van der Waals surface area (Å²) in [6, 6.07) is 0. The van der Waals surface area contributed by atoms with Crippen molar-refractivity contribution in [2.75, 3.05) is 13.1 Å². The molecule has 1 atom stereocenters. The van der Waals surface area contributed by atoms with Crippen LogP contribution in [0.2, 0.25) is 0 Å². The molecule has 0 bridgehead atoms. The Hall–Kier alpha value is -0.900. The van der Waals surface area contributed by atoms with Crippen molar-refractivity contribution in [2.24, 2.45) is 5.92 Å². The Morgan fingerprint density at radius 3 is 2.62 bits per heavy atom. The third-order valence-corrected chi connectivity index (χ3v) is 3.04. The summed E-state index contributed by atoms with van der Waals surface area (Å²) in [5.74, 6) is 0.172. The van der Waals surface area contributed by atoms with Crippen molar-refractivity contribution in [3.63, 3.8) is 0 Å². The van der Waals surface area contributed by atoms with Crippen molar-refractivity contribution in [3.05, 3.63) is 0 Å². The fourth-order valence-electron chi connectivity index (χ4n) is 2.00. The van der Waals surface area contributed by atoms with Gasteiger partial charge in [0.15, 0.2) is 0 Å². The van der Waals surface area contributed by atoms with Gasteiger partial charge in [-0.15, -0.1) is 0 Å². The molecule has 0 aromatic carbocycles. The number of piperazine rings is 1. The molecule has 16 heavy (non-hydrogen) atoms. The van der Waals surface area contributed by atoms with E-state index in [-0.39, 0.29) is 18.4 Å². The van der Waals surface area contributed by atoms with Crippen molar-refractivity contribution in [1.82, 2.24) is 10.2 Å². The van der Waals surface area contributed by atoms with Gasteiger partial charge in [-0.25, -0.2) is 0 Å². The molecule has 0 aromatic heterocycles. The highest BCUT2D eigenvalue weighted by atomic mass is 16.2. The lowest BCUT2D eigenvalue weighted by atomic mass is 9.98. The molecule has 1 rings (SSSR count). The maximum absolute atomic E-state index is 12.0. The van der Waals surface area contributed by atoms with Crippen molar-refractivity contribution in [3.8, 4) is 0 Å². The predicted molar refractivity (Wildman–Crippen MR) is 62.9 cm³/mol. The molecule has 1 aliphatic rings. The van der Waals surface area contributed by atoms with E-state index in [0.29, 0.717) is 12.5 Å². The maximum atomic E-state index is 12.0. The van der Waals surface area contributed by atoms with Gasteiger partial charge in [0.1, 0.15) is 0 Å². The average Bonchev–Trinajstić information content (AvgIpc) is 2.20. The Morgan fingerprint density at radius 1 is 1.44 bits per heavy atom. The van der Waals surface area contributed by atoms with Gasteiger partial charge in [-0.05, 0) is 26.2 Å². The Labute approximate surface area is 97.4 Å². The fraction of sp³-hybridized carbons (Fsp3) is 0.833. The van der Waals surface area contributed by atoms with Gasteiger partial charge in [-0.3, -0.25) is 19.8 Å². The zero-order chi connectivity index (χ0) is 12.3. The van der Waals surface area contributed by atoms with Crippen LogP contribution in [-0.2, 0) is 9.59 Å². The zero-order valence-electron chi connectivity index (χ0n) is 10.7. The van der Waals surface area contributed by atoms with E-state index in [0.717, 1.165) is 12.8 Å². The summed E-state index contributed by atoms with van der Waals surface area (Å²) in [5.41, 5.74) is -0.611. The van der Waals surface area contributed by atoms with Crippen molar-refractivity contribution in [1.29, 1.82) is 0 Å². The highest BCUT2D eigenvalue weighted by molar-refractivity contribution is 6.03. The molecule has 0 saturated carbocycles. The van der Waals surface area contributed by atoms with Gasteiger partial charge in [0.05, 0.1) is 12.1 Å². The summed E-state index contributed by atoms with van der Waals surface area (Å²) in [5, 5.41) is 2.95. The average molecular weight is 226 g/mol. The molecule has 1 heterocycles. The maximum Gasteiger partial charge on any atom is 0.248 e. The summed E-state index contributed by atoms with van der Waals surface area (Å²) in [6.45, 7) is 8.65. The first kappa shape index (κ1) is 13.2. The van der Waals surface area contributed by atoms with Gasteiger partial charge in [-0.1, -0.05) is 20.3 Å². The highest BCUT2D eigenvalue weighted by Crippen LogP contribution is 2.16. The first-order valence-corrected chi connectivity index (χ1v) is 5.98. The molecule has 4 heteroatoms. The van der Waals surface area contributed by atoms with Crippen LogP contribution in [0.3, 0.4) is 0 Å². The van der Waals surface area contributed by atoms with E-state index in [1.165, 1.54) is 4.90 Å². The van der Waals surface area contributed by atoms with Crippen LogP contribution in [0.25, 0.3) is 0 Å². The number of amides is 2. The second kappa shape index (κ2) is 4.95. The van der Waals surface area contributed by atoms with Crippen LogP contribution in [0.1, 0.15) is 40.5 Å². The molecular formula is C12H22N2O2. The van der Waals surface area contributed by atoms with E-state index in [2.05, 4.69) is 19.2 Å². The second-order valence-electron chi connectivity index (χ2n) is 5.18. The lowest BCUT2D eigenvalue weighted by Gasteiger charge is -2.37. The van der Waals surface area contributed by atoms with E-state index < -0.39 is 5.54 Å². The molecule has 0 aliphatic carbocycles. The quantitative estimate of drug-likeness (QED) is 0.732. The van der Waals surface area contributed by atoms with Gasteiger partial charge in [0, 0.05) is 6.54 Å². The Kier molecular flexibility index (Phi) is 4.08. The molecule has 0 radical (unpaired) electrons. The molecule has 1 fully saturated rings. The lowest BCUT2D eigenvalue weighted by Crippen LogP contribution is -2.64. The van der Waals surface area contributed by atoms with E-state index in [1.807, 2.05) is 13.8 Å². The summed E-state index contributed by atoms with van der Waals surface area (Å²) in [6.07, 6.45) is 2.13. The highest BCUT2D eigenvalue weighted by Gasteiger charge is 2.39. The van der Waals surface area contributed by atoms with Crippen molar-refractivity contribution >= 4 is 11.8 Å². The van der Waals surface area contributed by atoms with Crippen LogP contribution in [0.5, 0.6) is 0 Å². The molecule has 4 nitrogen and oxygen atoms in total. The Bertz CT molecular complexity index is 287. The lowest BCUT2D eigenvalue weighted by molar-refractivity contribution is -0.153. The Morgan fingerprint density at radius 2 is 2.06 bits per heavy atom. The molecule has 0 spiro atoms. The van der Waals surface area contributed by atoms with Gasteiger partial charge in [-0.2, -0.15) is 0 Å². The van der Waals surface area contributed by atoms with Crippen molar-refractivity contribution < 1.29 is 9.59 Å². The summed E-state index contributed by atoms with van der Waals surface area (Å²) in [4.78, 5) is 25.1. The van der Waals surface area contributed by atoms with Crippen molar-refractivity contribution in [2.45, 2.75) is 46.1 Å². The normalized spacial score (nSPS) is 22.4. The number of carbonyl (C=O) groups is 2. The zero-order valence-corrected chi connectivity index (χ0v) is 10.7. The van der Waals surface area contributed by atoms with Gasteiger partial charge >= 0.3 is 0 Å². The first-order valence-electron chi connectivity index (χ1n) is 5.98. The molecule has 0 aromatic rings. The number of rotatable bonds is 4. The third-order valence-electron chi connectivity index (χ3n) is 3.04. The van der Waals surface area contributed by atoms with E-state index in [9.17, 15) is 9.59 Å². The first-order chi connectivity index (χ1) is 7.38. The number of nitrogens with zero attached hydrogens (tertiary/aromatic N) is 1. The number of carbonyl (C=O) groups excluding carboxylic acids is 2. The van der Waals surface area contributed by atoms with E-state index in [4.69, 9.17) is 0 Å². The van der Waals surface area contributed by atoms with Crippen LogP contribution in [0, 0.1) is 5.92 Å². The monoisotopic (exact) mass is 226 g/mol. The number of imide groups is 1. The summed E-state index contributed by atoms with van der Waals surface area (Å²) < 4.78 is 0. The minimum Gasteiger partial charge on any atom is -0.295 e. The minimum atomic E-state index is -0.611. The number of nitrogens with one attached hydrogen (secondary N) is 1. The molecule has 92 valence electrons. The molecule has 1 N–H and O–H groups in total. The van der Waals surface area contributed by atoms with Gasteiger partial charge in [0.2, 0.25) is 11.8 Å². The van der Waals surface area contributed by atoms with Crippen LogP contribution < -0.4 is 5.32 Å². The summed E-state index contributed by atoms with van der Waals surface area (Å²) in [7, 11) is 0. The fourth-order valence-corrected chi connectivity index (χ4v) is 2.00. The molecular weight excluding hydrogens is 204 g/mol. The standard InChI is InChI=1S/C12H22N2O2/c1-5-6-9(2)8-14-10(15)7-13-12(3,4)11(14)16/h9,13H,5-8H2,1-4H3. The van der Waals surface area contributed by atoms with E-state index >= 15 is 0 Å².